The monoisotopic (exact) mass is 726 g/mol. The van der Waals surface area contributed by atoms with Gasteiger partial charge in [-0.15, -0.1) is 0 Å². The molecule has 3 aliphatic rings. The van der Waals surface area contributed by atoms with Crippen molar-refractivity contribution >= 4 is 28.0 Å². The predicted molar refractivity (Wildman–Crippen MR) is 236 cm³/mol. The van der Waals surface area contributed by atoms with E-state index >= 15 is 0 Å². The van der Waals surface area contributed by atoms with E-state index in [1.165, 1.54) is 77.5 Å². The van der Waals surface area contributed by atoms with E-state index in [1.807, 2.05) is 0 Å². The molecule has 9 aromatic rings. The summed E-state index contributed by atoms with van der Waals surface area (Å²) in [5, 5.41) is 2.47. The number of anilines is 3. The van der Waals surface area contributed by atoms with Crippen LogP contribution in [0.15, 0.2) is 194 Å². The second-order valence-electron chi connectivity index (χ2n) is 16.3. The fourth-order valence-electron chi connectivity index (χ4n) is 10.6. The van der Waals surface area contributed by atoms with Crippen LogP contribution in [0.2, 0.25) is 0 Å². The summed E-state index contributed by atoms with van der Waals surface area (Å²) in [6.07, 6.45) is 0. The lowest BCUT2D eigenvalue weighted by Gasteiger charge is -2.37. The van der Waals surface area contributed by atoms with Gasteiger partial charge in [0.1, 0.15) is 5.82 Å². The van der Waals surface area contributed by atoms with Gasteiger partial charge in [-0.3, -0.25) is 4.90 Å². The quantitative estimate of drug-likeness (QED) is 0.179. The third-order valence-electron chi connectivity index (χ3n) is 13.1. The number of aromatic nitrogens is 1. The normalized spacial score (nSPS) is 14.7. The molecule has 2 aliphatic carbocycles. The number of nitrogens with zero attached hydrogens (tertiary/aromatic N) is 2. The van der Waals surface area contributed by atoms with Crippen LogP contribution in [0.3, 0.4) is 0 Å². The van der Waals surface area contributed by atoms with E-state index in [0.717, 1.165) is 28.5 Å². The SMILES string of the molecule is CC1(C)c2ccccc2-c2cc(-c3cccc(N4c5cc6c(cc5-c5cccc7cccc4c57)-c4ccccc4C6(c4ccccc4)c4ccccc4)n3)ccc21. The summed E-state index contributed by atoms with van der Waals surface area (Å²) < 4.78 is 0. The van der Waals surface area contributed by atoms with Crippen molar-refractivity contribution in [1.29, 1.82) is 0 Å². The molecule has 0 spiro atoms. The number of pyridine rings is 1. The fourth-order valence-corrected chi connectivity index (χ4v) is 10.6. The van der Waals surface area contributed by atoms with E-state index in [9.17, 15) is 0 Å². The lowest BCUT2D eigenvalue weighted by molar-refractivity contribution is 0.660. The summed E-state index contributed by atoms with van der Waals surface area (Å²) in [6.45, 7) is 4.67. The topological polar surface area (TPSA) is 16.1 Å². The molecule has 0 radical (unpaired) electrons. The molecule has 2 heterocycles. The molecule has 1 aliphatic heterocycles. The average Bonchev–Trinajstić information content (AvgIpc) is 3.69. The molecule has 8 aromatic carbocycles. The van der Waals surface area contributed by atoms with Gasteiger partial charge < -0.3 is 0 Å². The molecule has 0 saturated heterocycles. The summed E-state index contributed by atoms with van der Waals surface area (Å²) in [4.78, 5) is 7.98. The predicted octanol–water partition coefficient (Wildman–Crippen LogP) is 14.0. The molecule has 0 atom stereocenters. The molecule has 1 aromatic heterocycles. The van der Waals surface area contributed by atoms with Crippen LogP contribution in [-0.2, 0) is 10.8 Å². The Kier molecular flexibility index (Phi) is 6.64. The number of rotatable bonds is 4. The van der Waals surface area contributed by atoms with Crippen molar-refractivity contribution in [1.82, 2.24) is 4.98 Å². The zero-order valence-electron chi connectivity index (χ0n) is 31.9. The number of benzene rings is 8. The van der Waals surface area contributed by atoms with Crippen LogP contribution in [0, 0.1) is 0 Å². The highest BCUT2D eigenvalue weighted by Crippen LogP contribution is 2.60. The Balaban J connectivity index is 1.12. The minimum absolute atomic E-state index is 0.0437. The highest BCUT2D eigenvalue weighted by molar-refractivity contribution is 6.14. The van der Waals surface area contributed by atoms with Gasteiger partial charge in [0, 0.05) is 21.9 Å². The van der Waals surface area contributed by atoms with E-state index < -0.39 is 5.41 Å². The minimum Gasteiger partial charge on any atom is -0.294 e. The van der Waals surface area contributed by atoms with E-state index in [0.29, 0.717) is 0 Å². The molecule has 0 amide bonds. The van der Waals surface area contributed by atoms with Gasteiger partial charge in [0.15, 0.2) is 0 Å². The Hall–Kier alpha value is -7.03. The van der Waals surface area contributed by atoms with Crippen molar-refractivity contribution in [3.05, 3.63) is 228 Å². The van der Waals surface area contributed by atoms with Crippen LogP contribution >= 0.6 is 0 Å². The standard InChI is InChI=1S/C55H38N2/c1-54(2)45-25-11-9-22-39(45)42-32-36(30-31-46(42)54)49-27-15-29-52(56-49)57-50-28-14-17-35-16-13-24-41(53(35)50)44-33-43-40-23-10-12-26-47(40)55(48(43)34-51(44)57,37-18-5-3-6-19-37)38-20-7-4-8-21-38/h3-34H,1-2H3. The highest BCUT2D eigenvalue weighted by atomic mass is 15.2. The molecule has 0 bridgehead atoms. The van der Waals surface area contributed by atoms with Gasteiger partial charge in [-0.25, -0.2) is 4.98 Å². The van der Waals surface area contributed by atoms with Gasteiger partial charge in [0.05, 0.1) is 22.5 Å². The Labute approximate surface area is 333 Å². The molecule has 268 valence electrons. The summed E-state index contributed by atoms with van der Waals surface area (Å²) in [7, 11) is 0. The smallest absolute Gasteiger partial charge is 0.138 e. The first kappa shape index (κ1) is 32.2. The minimum atomic E-state index is -0.512. The van der Waals surface area contributed by atoms with Crippen LogP contribution in [0.4, 0.5) is 17.2 Å². The molecule has 2 heteroatoms. The average molecular weight is 727 g/mol. The van der Waals surface area contributed by atoms with Gasteiger partial charge in [0.2, 0.25) is 0 Å². The largest absolute Gasteiger partial charge is 0.294 e. The molecule has 0 unspecified atom stereocenters. The van der Waals surface area contributed by atoms with Crippen LogP contribution in [-0.4, -0.2) is 4.98 Å². The maximum absolute atomic E-state index is 5.55. The van der Waals surface area contributed by atoms with Gasteiger partial charge >= 0.3 is 0 Å². The molecule has 12 rings (SSSR count). The van der Waals surface area contributed by atoms with Crippen molar-refractivity contribution in [2.75, 3.05) is 4.90 Å². The first-order valence-electron chi connectivity index (χ1n) is 20.0. The van der Waals surface area contributed by atoms with Gasteiger partial charge in [-0.2, -0.15) is 0 Å². The van der Waals surface area contributed by atoms with E-state index in [2.05, 4.69) is 213 Å². The molecule has 0 fully saturated rings. The first-order valence-corrected chi connectivity index (χ1v) is 20.0. The zero-order valence-corrected chi connectivity index (χ0v) is 31.9. The highest BCUT2D eigenvalue weighted by Gasteiger charge is 2.47. The van der Waals surface area contributed by atoms with Gasteiger partial charge in [-0.05, 0) is 103 Å². The number of fused-ring (bicyclic) bond motifs is 8. The van der Waals surface area contributed by atoms with E-state index in [-0.39, 0.29) is 5.41 Å². The van der Waals surface area contributed by atoms with Crippen LogP contribution in [0.1, 0.15) is 47.2 Å². The second-order valence-corrected chi connectivity index (χ2v) is 16.3. The Bertz CT molecular complexity index is 3060. The molecule has 0 saturated carbocycles. The number of hydrogen-bond donors (Lipinski definition) is 0. The lowest BCUT2D eigenvalue weighted by Crippen LogP contribution is -2.29. The second kappa shape index (κ2) is 11.7. The summed E-state index contributed by atoms with van der Waals surface area (Å²) >= 11 is 0. The summed E-state index contributed by atoms with van der Waals surface area (Å²) in [5.74, 6) is 0.900. The first-order chi connectivity index (χ1) is 28.0. The van der Waals surface area contributed by atoms with Crippen molar-refractivity contribution < 1.29 is 0 Å². The Morgan fingerprint density at radius 3 is 1.75 bits per heavy atom. The molecular formula is C55H38N2. The van der Waals surface area contributed by atoms with Gasteiger partial charge in [-0.1, -0.05) is 172 Å². The van der Waals surface area contributed by atoms with Crippen LogP contribution in [0.25, 0.3) is 55.4 Å². The Morgan fingerprint density at radius 2 is 1.00 bits per heavy atom. The Morgan fingerprint density at radius 1 is 0.404 bits per heavy atom. The fraction of sp³-hybridized carbons (Fsp3) is 0.0727. The lowest BCUT2D eigenvalue weighted by atomic mass is 9.67. The summed E-state index contributed by atoms with van der Waals surface area (Å²) in [6, 6.07) is 71.8. The van der Waals surface area contributed by atoms with Crippen molar-refractivity contribution in [3.63, 3.8) is 0 Å². The third-order valence-corrected chi connectivity index (χ3v) is 13.1. The zero-order chi connectivity index (χ0) is 37.9. The molecule has 0 N–H and O–H groups in total. The number of hydrogen-bond acceptors (Lipinski definition) is 2. The molecule has 2 nitrogen and oxygen atoms in total. The maximum atomic E-state index is 5.55. The van der Waals surface area contributed by atoms with E-state index in [1.54, 1.807) is 0 Å². The third kappa shape index (κ3) is 4.33. The van der Waals surface area contributed by atoms with E-state index in [4.69, 9.17) is 4.98 Å². The summed E-state index contributed by atoms with van der Waals surface area (Å²) in [5.41, 5.74) is 19.3. The van der Waals surface area contributed by atoms with Crippen LogP contribution in [0.5, 0.6) is 0 Å². The molecular weight excluding hydrogens is 689 g/mol. The maximum Gasteiger partial charge on any atom is 0.138 e. The van der Waals surface area contributed by atoms with Crippen molar-refractivity contribution in [2.45, 2.75) is 24.7 Å². The molecule has 57 heavy (non-hydrogen) atoms. The van der Waals surface area contributed by atoms with Crippen LogP contribution < -0.4 is 4.90 Å². The van der Waals surface area contributed by atoms with Crippen molar-refractivity contribution in [3.8, 4) is 44.6 Å². The van der Waals surface area contributed by atoms with Crippen molar-refractivity contribution in [2.24, 2.45) is 0 Å². The van der Waals surface area contributed by atoms with Gasteiger partial charge in [0.25, 0.3) is 0 Å².